The highest BCUT2D eigenvalue weighted by atomic mass is 31.2. The Kier molecular flexibility index (Phi) is 67.1. The van der Waals surface area contributed by atoms with Crippen LogP contribution in [0.15, 0.2) is 0 Å². The Hall–Kier alpha value is -1.94. The minimum Gasteiger partial charge on any atom is -0.462 e. The second-order valence-corrected chi connectivity index (χ2v) is 29.6. The van der Waals surface area contributed by atoms with Gasteiger partial charge in [-0.3, -0.25) is 37.3 Å². The van der Waals surface area contributed by atoms with Crippen molar-refractivity contribution in [1.29, 1.82) is 0 Å². The summed E-state index contributed by atoms with van der Waals surface area (Å²) in [4.78, 5) is 72.5. The van der Waals surface area contributed by atoms with E-state index in [-0.39, 0.29) is 25.7 Å². The number of rotatable bonds is 75. The summed E-state index contributed by atoms with van der Waals surface area (Å²) >= 11 is 0. The second kappa shape index (κ2) is 68.6. The Morgan fingerprint density at radius 1 is 0.258 bits per heavy atom. The van der Waals surface area contributed by atoms with Crippen molar-refractivity contribution in [2.75, 3.05) is 39.6 Å². The molecule has 0 aliphatic carbocycles. The lowest BCUT2D eigenvalue weighted by atomic mass is 10.0. The Labute approximate surface area is 568 Å². The van der Waals surface area contributed by atoms with Crippen molar-refractivity contribution < 1.29 is 80.2 Å². The fourth-order valence-electron chi connectivity index (χ4n) is 11.4. The van der Waals surface area contributed by atoms with Crippen molar-refractivity contribution in [3.8, 4) is 0 Å². The van der Waals surface area contributed by atoms with Crippen LogP contribution in [0, 0.1) is 0 Å². The molecule has 0 aromatic carbocycles. The quantitative estimate of drug-likeness (QED) is 0.0222. The summed E-state index contributed by atoms with van der Waals surface area (Å²) < 4.78 is 68.3. The van der Waals surface area contributed by atoms with Gasteiger partial charge in [0.15, 0.2) is 12.2 Å². The Bertz CT molecular complexity index is 1770. The molecule has 0 saturated heterocycles. The van der Waals surface area contributed by atoms with Crippen LogP contribution in [0.3, 0.4) is 0 Å². The van der Waals surface area contributed by atoms with E-state index in [1.807, 2.05) is 0 Å². The van der Waals surface area contributed by atoms with Crippen LogP contribution in [0.4, 0.5) is 0 Å². The first kappa shape index (κ1) is 91.1. The molecular weight excluding hydrogens is 1220 g/mol. The summed E-state index contributed by atoms with van der Waals surface area (Å²) in [6, 6.07) is 0. The molecule has 552 valence electrons. The first-order chi connectivity index (χ1) is 45.2. The number of hydrogen-bond donors (Lipinski definition) is 3. The SMILES string of the molecule is CCCCCCCCCCCCCCCCCCCCCCCC(=O)O[C@H](COC(=O)CCCCCCCCCCCCCCC)COP(=O)(O)OC[C@@H](O)COP(=O)(O)OC[C@@H](COC(=O)CCCCCCCCC)OC(=O)CCCCCCCCCCCCCC. The lowest BCUT2D eigenvalue weighted by molar-refractivity contribution is -0.161. The number of aliphatic hydroxyl groups is 1. The zero-order valence-corrected chi connectivity index (χ0v) is 62.0. The minimum atomic E-state index is -4.95. The topological polar surface area (TPSA) is 237 Å². The summed E-state index contributed by atoms with van der Waals surface area (Å²) in [7, 11) is -9.90. The predicted molar refractivity (Wildman–Crippen MR) is 377 cm³/mol. The maximum absolute atomic E-state index is 13.1. The van der Waals surface area contributed by atoms with Gasteiger partial charge in [0.2, 0.25) is 0 Å². The third-order valence-corrected chi connectivity index (χ3v) is 19.3. The van der Waals surface area contributed by atoms with Gasteiger partial charge in [-0.15, -0.1) is 0 Å². The highest BCUT2D eigenvalue weighted by Gasteiger charge is 2.30. The van der Waals surface area contributed by atoms with Crippen molar-refractivity contribution in [1.82, 2.24) is 0 Å². The smallest absolute Gasteiger partial charge is 0.462 e. The molecule has 0 amide bonds. The maximum atomic E-state index is 13.1. The number of hydrogen-bond acceptors (Lipinski definition) is 15. The van der Waals surface area contributed by atoms with Gasteiger partial charge in [-0.05, 0) is 25.7 Å². The molecule has 5 atom stereocenters. The van der Waals surface area contributed by atoms with Gasteiger partial charge in [0.1, 0.15) is 19.3 Å². The average molecular weight is 1370 g/mol. The van der Waals surface area contributed by atoms with Crippen molar-refractivity contribution in [3.05, 3.63) is 0 Å². The van der Waals surface area contributed by atoms with Crippen LogP contribution in [0.25, 0.3) is 0 Å². The second-order valence-electron chi connectivity index (χ2n) is 26.7. The summed E-state index contributed by atoms with van der Waals surface area (Å²) in [5.74, 6) is -2.12. The number of carbonyl (C=O) groups excluding carboxylic acids is 4. The number of unbranched alkanes of at least 4 members (excludes halogenated alkanes) is 49. The van der Waals surface area contributed by atoms with E-state index < -0.39 is 97.5 Å². The molecule has 0 rings (SSSR count). The van der Waals surface area contributed by atoms with Crippen molar-refractivity contribution in [3.63, 3.8) is 0 Å². The third kappa shape index (κ3) is 68.4. The number of phosphoric ester groups is 2. The van der Waals surface area contributed by atoms with Crippen LogP contribution in [0.1, 0.15) is 394 Å². The van der Waals surface area contributed by atoms with E-state index in [1.165, 1.54) is 212 Å². The number of ether oxygens (including phenoxy) is 4. The van der Waals surface area contributed by atoms with E-state index in [2.05, 4.69) is 27.7 Å². The molecule has 0 spiro atoms. The van der Waals surface area contributed by atoms with E-state index >= 15 is 0 Å². The van der Waals surface area contributed by atoms with Crippen LogP contribution in [-0.4, -0.2) is 96.7 Å². The summed E-state index contributed by atoms with van der Waals surface area (Å²) in [6.45, 7) is 4.93. The lowest BCUT2D eigenvalue weighted by Crippen LogP contribution is -2.30. The molecule has 0 aliphatic heterocycles. The first-order valence-corrected chi connectivity index (χ1v) is 41.8. The van der Waals surface area contributed by atoms with E-state index in [0.717, 1.165) is 103 Å². The molecule has 0 fully saturated rings. The molecule has 0 aliphatic rings. The van der Waals surface area contributed by atoms with E-state index in [1.54, 1.807) is 0 Å². The Balaban J connectivity index is 5.15. The fourth-order valence-corrected chi connectivity index (χ4v) is 13.0. The summed E-state index contributed by atoms with van der Waals surface area (Å²) in [5.41, 5.74) is 0. The van der Waals surface area contributed by atoms with Gasteiger partial charge in [0.05, 0.1) is 26.4 Å². The van der Waals surface area contributed by atoms with Crippen LogP contribution < -0.4 is 0 Å². The molecule has 0 aromatic heterocycles. The Morgan fingerprint density at radius 3 is 0.634 bits per heavy atom. The van der Waals surface area contributed by atoms with Gasteiger partial charge in [-0.1, -0.05) is 342 Å². The first-order valence-electron chi connectivity index (χ1n) is 38.8. The van der Waals surface area contributed by atoms with Crippen LogP contribution in [-0.2, 0) is 65.4 Å². The maximum Gasteiger partial charge on any atom is 0.472 e. The standard InChI is InChI=1S/C74H144O17P2/c1-5-9-13-17-21-24-27-30-31-32-33-34-35-36-37-39-42-45-49-53-57-61-74(79)91-70(65-85-72(77)59-55-51-47-43-41-38-28-25-22-18-14-10-6-2)67-89-93(82,83)87-63-68(75)62-86-92(80,81)88-66-69(64-84-71(76)58-54-50-46-20-16-12-8-4)90-73(78)60-56-52-48-44-40-29-26-23-19-15-11-7-3/h68-70,75H,5-67H2,1-4H3,(H,80,81)(H,82,83)/t68-,69+,70+/m0/s1. The molecule has 0 aromatic rings. The zero-order chi connectivity index (χ0) is 68.2. The van der Waals surface area contributed by atoms with Gasteiger partial charge in [-0.2, -0.15) is 0 Å². The minimum absolute atomic E-state index is 0.107. The molecule has 17 nitrogen and oxygen atoms in total. The monoisotopic (exact) mass is 1370 g/mol. The summed E-state index contributed by atoms with van der Waals surface area (Å²) in [5, 5.41) is 10.6. The van der Waals surface area contributed by atoms with Gasteiger partial charge in [0.25, 0.3) is 0 Å². The van der Waals surface area contributed by atoms with Crippen molar-refractivity contribution in [2.45, 2.75) is 412 Å². The molecule has 3 N–H and O–H groups in total. The largest absolute Gasteiger partial charge is 0.472 e. The molecule has 0 heterocycles. The number of phosphoric acid groups is 2. The normalized spacial score (nSPS) is 13.9. The zero-order valence-electron chi connectivity index (χ0n) is 60.2. The predicted octanol–water partition coefficient (Wildman–Crippen LogP) is 21.8. The molecular formula is C74H144O17P2. The molecule has 0 bridgehead atoms. The average Bonchev–Trinajstić information content (AvgIpc) is 3.72. The van der Waals surface area contributed by atoms with Gasteiger partial charge < -0.3 is 33.8 Å². The van der Waals surface area contributed by atoms with Crippen molar-refractivity contribution >= 4 is 39.5 Å². The number of carbonyl (C=O) groups is 4. The molecule has 93 heavy (non-hydrogen) atoms. The van der Waals surface area contributed by atoms with Crippen LogP contribution in [0.2, 0.25) is 0 Å². The van der Waals surface area contributed by atoms with Crippen LogP contribution in [0.5, 0.6) is 0 Å². The molecule has 19 heteroatoms. The molecule has 0 saturated carbocycles. The molecule has 0 radical (unpaired) electrons. The molecule has 2 unspecified atom stereocenters. The van der Waals surface area contributed by atoms with Crippen LogP contribution >= 0.6 is 15.6 Å². The van der Waals surface area contributed by atoms with E-state index in [4.69, 9.17) is 37.0 Å². The number of aliphatic hydroxyl groups excluding tert-OH is 1. The fraction of sp³-hybridized carbons (Fsp3) is 0.946. The Morgan fingerprint density at radius 2 is 0.430 bits per heavy atom. The van der Waals surface area contributed by atoms with Gasteiger partial charge in [0, 0.05) is 25.7 Å². The van der Waals surface area contributed by atoms with Crippen molar-refractivity contribution in [2.24, 2.45) is 0 Å². The van der Waals surface area contributed by atoms with Gasteiger partial charge >= 0.3 is 39.5 Å². The van der Waals surface area contributed by atoms with E-state index in [0.29, 0.717) is 25.7 Å². The third-order valence-electron chi connectivity index (χ3n) is 17.4. The highest BCUT2D eigenvalue weighted by molar-refractivity contribution is 7.47. The highest BCUT2D eigenvalue weighted by Crippen LogP contribution is 2.45. The van der Waals surface area contributed by atoms with Gasteiger partial charge in [-0.25, -0.2) is 9.13 Å². The number of esters is 4. The lowest BCUT2D eigenvalue weighted by Gasteiger charge is -2.21. The summed E-state index contributed by atoms with van der Waals surface area (Å²) in [6.07, 6.45) is 58.4. The van der Waals surface area contributed by atoms with E-state index in [9.17, 15) is 43.2 Å².